The number of rotatable bonds is 12. The second-order valence-corrected chi connectivity index (χ2v) is 4.40. The van der Waals surface area contributed by atoms with Crippen molar-refractivity contribution in [2.75, 3.05) is 51.8 Å². The van der Waals surface area contributed by atoms with E-state index in [0.717, 1.165) is 0 Å². The third kappa shape index (κ3) is 11.0. The highest BCUT2D eigenvalue weighted by molar-refractivity contribution is 7.80. The second-order valence-electron chi connectivity index (χ2n) is 3.95. The van der Waals surface area contributed by atoms with Crippen LogP contribution in [0.25, 0.3) is 0 Å². The van der Waals surface area contributed by atoms with Gasteiger partial charge in [-0.05, 0) is 0 Å². The van der Waals surface area contributed by atoms with E-state index in [0.29, 0.717) is 25.4 Å². The minimum atomic E-state index is -0.383. The van der Waals surface area contributed by atoms with Crippen LogP contribution in [0.5, 0.6) is 0 Å². The highest BCUT2D eigenvalue weighted by Gasteiger charge is 2.11. The molecule has 0 rings (SSSR count). The van der Waals surface area contributed by atoms with Gasteiger partial charge in [-0.1, -0.05) is 0 Å². The van der Waals surface area contributed by atoms with Crippen molar-refractivity contribution in [1.82, 2.24) is 4.90 Å². The summed E-state index contributed by atoms with van der Waals surface area (Å²) in [5.74, 6) is -0.158. The van der Waals surface area contributed by atoms with E-state index in [1.54, 1.807) is 0 Å². The molecule has 0 aliphatic rings. The quantitative estimate of drug-likeness (QED) is 0.316. The molecule has 0 aliphatic carbocycles. The van der Waals surface area contributed by atoms with E-state index in [1.807, 2.05) is 4.90 Å². The van der Waals surface area contributed by atoms with E-state index >= 15 is 0 Å². The first-order valence-corrected chi connectivity index (χ1v) is 7.13. The standard InChI is InChI=1S/C12H23NO6S/c14-6-8-18-11(16)1-3-13(5-10-20)4-2-12(17)19-9-7-15/h14-15,20H,1-10H2. The lowest BCUT2D eigenvalue weighted by Crippen LogP contribution is -2.31. The first-order chi connectivity index (χ1) is 9.63. The maximum atomic E-state index is 11.3. The molecule has 0 unspecified atom stereocenters. The second kappa shape index (κ2) is 13.2. The number of thiol groups is 1. The molecule has 8 heteroatoms. The third-order valence-corrected chi connectivity index (χ3v) is 2.59. The largest absolute Gasteiger partial charge is 0.463 e. The maximum Gasteiger partial charge on any atom is 0.307 e. The summed E-state index contributed by atoms with van der Waals surface area (Å²) in [5, 5.41) is 17.1. The van der Waals surface area contributed by atoms with Crippen molar-refractivity contribution < 1.29 is 29.3 Å². The van der Waals surface area contributed by atoms with Crippen LogP contribution < -0.4 is 0 Å². The number of esters is 2. The number of ether oxygens (including phenoxy) is 2. The Balaban J connectivity index is 3.91. The lowest BCUT2D eigenvalue weighted by Gasteiger charge is -2.20. The van der Waals surface area contributed by atoms with E-state index in [1.165, 1.54) is 0 Å². The van der Waals surface area contributed by atoms with Crippen LogP contribution in [0.4, 0.5) is 0 Å². The number of hydrogen-bond donors (Lipinski definition) is 3. The molecular weight excluding hydrogens is 286 g/mol. The number of hydrogen-bond acceptors (Lipinski definition) is 8. The highest BCUT2D eigenvalue weighted by atomic mass is 32.1. The van der Waals surface area contributed by atoms with Crippen molar-refractivity contribution in [3.63, 3.8) is 0 Å². The summed E-state index contributed by atoms with van der Waals surface area (Å²) < 4.78 is 9.49. The average Bonchev–Trinajstić information content (AvgIpc) is 2.45. The van der Waals surface area contributed by atoms with Crippen LogP contribution in [0.15, 0.2) is 0 Å². The monoisotopic (exact) mass is 309 g/mol. The Morgan fingerprint density at radius 2 is 1.35 bits per heavy atom. The van der Waals surface area contributed by atoms with Gasteiger partial charge in [0.2, 0.25) is 0 Å². The maximum absolute atomic E-state index is 11.3. The van der Waals surface area contributed by atoms with Crippen LogP contribution in [0.3, 0.4) is 0 Å². The van der Waals surface area contributed by atoms with Crippen LogP contribution in [0, 0.1) is 0 Å². The van der Waals surface area contributed by atoms with Gasteiger partial charge in [-0.15, -0.1) is 0 Å². The molecule has 0 amide bonds. The minimum absolute atomic E-state index is 0.00110. The molecule has 0 radical (unpaired) electrons. The van der Waals surface area contributed by atoms with Gasteiger partial charge in [0.1, 0.15) is 13.2 Å². The van der Waals surface area contributed by atoms with Gasteiger partial charge in [0.15, 0.2) is 0 Å². The zero-order chi connectivity index (χ0) is 15.2. The van der Waals surface area contributed by atoms with Gasteiger partial charge in [-0.2, -0.15) is 12.6 Å². The Morgan fingerprint density at radius 3 is 1.70 bits per heavy atom. The number of aliphatic hydroxyl groups excluding tert-OH is 2. The van der Waals surface area contributed by atoms with E-state index < -0.39 is 0 Å². The van der Waals surface area contributed by atoms with Crippen molar-refractivity contribution in [3.05, 3.63) is 0 Å². The van der Waals surface area contributed by atoms with Crippen molar-refractivity contribution in [2.24, 2.45) is 0 Å². The van der Waals surface area contributed by atoms with Crippen molar-refractivity contribution in [3.8, 4) is 0 Å². The number of carbonyl (C=O) groups excluding carboxylic acids is 2. The molecule has 0 aliphatic heterocycles. The number of aliphatic hydroxyl groups is 2. The highest BCUT2D eigenvalue weighted by Crippen LogP contribution is 1.98. The van der Waals surface area contributed by atoms with Crippen molar-refractivity contribution in [1.29, 1.82) is 0 Å². The molecule has 7 nitrogen and oxygen atoms in total. The fourth-order valence-electron chi connectivity index (χ4n) is 1.44. The Bertz CT molecular complexity index is 253. The lowest BCUT2D eigenvalue weighted by atomic mass is 10.3. The van der Waals surface area contributed by atoms with Crippen molar-refractivity contribution in [2.45, 2.75) is 12.8 Å². The molecule has 0 saturated heterocycles. The van der Waals surface area contributed by atoms with Gasteiger partial charge in [-0.25, -0.2) is 0 Å². The van der Waals surface area contributed by atoms with E-state index in [2.05, 4.69) is 12.6 Å². The molecule has 0 saturated carbocycles. The molecule has 20 heavy (non-hydrogen) atoms. The number of nitrogens with zero attached hydrogens (tertiary/aromatic N) is 1. The van der Waals surface area contributed by atoms with E-state index in [-0.39, 0.29) is 51.2 Å². The summed E-state index contributed by atoms with van der Waals surface area (Å²) in [6.07, 6.45) is 0.388. The lowest BCUT2D eigenvalue weighted by molar-refractivity contribution is -0.145. The Labute approximate surface area is 124 Å². The zero-order valence-electron chi connectivity index (χ0n) is 11.5. The molecule has 0 aromatic heterocycles. The first-order valence-electron chi connectivity index (χ1n) is 6.50. The van der Waals surface area contributed by atoms with E-state index in [9.17, 15) is 9.59 Å². The Kier molecular flexibility index (Phi) is 12.6. The van der Waals surface area contributed by atoms with Gasteiger partial charge < -0.3 is 24.6 Å². The van der Waals surface area contributed by atoms with Gasteiger partial charge in [0.05, 0.1) is 26.1 Å². The van der Waals surface area contributed by atoms with Crippen LogP contribution in [-0.2, 0) is 19.1 Å². The Hall–Kier alpha value is -0.830. The SMILES string of the molecule is O=C(CCN(CCS)CCC(=O)OCCO)OCCO. The van der Waals surface area contributed by atoms with Crippen molar-refractivity contribution >= 4 is 24.6 Å². The van der Waals surface area contributed by atoms with Gasteiger partial charge >= 0.3 is 11.9 Å². The van der Waals surface area contributed by atoms with Crippen LogP contribution in [0.1, 0.15) is 12.8 Å². The smallest absolute Gasteiger partial charge is 0.307 e. The molecule has 0 aromatic rings. The summed E-state index contributed by atoms with van der Waals surface area (Å²) in [4.78, 5) is 24.5. The van der Waals surface area contributed by atoms with Gasteiger partial charge in [0, 0.05) is 25.4 Å². The summed E-state index contributed by atoms with van der Waals surface area (Å²) >= 11 is 4.12. The number of carbonyl (C=O) groups is 2. The van der Waals surface area contributed by atoms with Gasteiger partial charge in [-0.3, -0.25) is 9.59 Å². The molecular formula is C12H23NO6S. The average molecular weight is 309 g/mol. The predicted molar refractivity (Wildman–Crippen MR) is 75.6 cm³/mol. The minimum Gasteiger partial charge on any atom is -0.463 e. The topological polar surface area (TPSA) is 96.3 Å². The van der Waals surface area contributed by atoms with Crippen LogP contribution >= 0.6 is 12.6 Å². The fourth-order valence-corrected chi connectivity index (χ4v) is 1.72. The normalized spacial score (nSPS) is 10.6. The third-order valence-electron chi connectivity index (χ3n) is 2.39. The van der Waals surface area contributed by atoms with E-state index in [4.69, 9.17) is 19.7 Å². The Morgan fingerprint density at radius 1 is 0.900 bits per heavy atom. The summed E-state index contributed by atoms with van der Waals surface area (Å²) in [7, 11) is 0. The molecule has 0 fully saturated rings. The molecule has 2 N–H and O–H groups in total. The van der Waals surface area contributed by atoms with Crippen LogP contribution in [-0.4, -0.2) is 78.9 Å². The predicted octanol–water partition coefficient (Wildman–Crippen LogP) is -0.931. The molecule has 0 spiro atoms. The molecule has 118 valence electrons. The van der Waals surface area contributed by atoms with Crippen LogP contribution in [0.2, 0.25) is 0 Å². The summed E-state index contributed by atoms with van der Waals surface area (Å²) in [6, 6.07) is 0. The zero-order valence-corrected chi connectivity index (χ0v) is 12.4. The summed E-state index contributed by atoms with van der Waals surface area (Å²) in [6.45, 7) is 1.17. The summed E-state index contributed by atoms with van der Waals surface area (Å²) in [5.41, 5.74) is 0. The van der Waals surface area contributed by atoms with Gasteiger partial charge in [0.25, 0.3) is 0 Å². The first kappa shape index (κ1) is 19.2. The molecule has 0 aromatic carbocycles. The molecule has 0 heterocycles. The molecule has 0 atom stereocenters. The fraction of sp³-hybridized carbons (Fsp3) is 0.833. The molecule has 0 bridgehead atoms.